The van der Waals surface area contributed by atoms with Gasteiger partial charge in [-0.3, -0.25) is 0 Å². The number of hydrogen-bond acceptors (Lipinski definition) is 14. The Morgan fingerprint density at radius 3 is 0.200 bits per heavy atom. The van der Waals surface area contributed by atoms with Gasteiger partial charge in [-0.15, -0.1) is 0 Å². The topological polar surface area (TPSA) is 547 Å². The third-order valence-electron chi connectivity index (χ3n) is 0. The fourth-order valence-electron chi connectivity index (χ4n) is 0. The van der Waals surface area contributed by atoms with Crippen molar-refractivity contribution in [1.29, 1.82) is 0 Å². The summed E-state index contributed by atoms with van der Waals surface area (Å²) in [6.07, 6.45) is 0. The summed E-state index contributed by atoms with van der Waals surface area (Å²) in [5.74, 6) is 0. The molecule has 0 bridgehead atoms. The van der Waals surface area contributed by atoms with Crippen LogP contribution in [0.25, 0.3) is 0 Å². The second-order valence-corrected chi connectivity index (χ2v) is 0. The van der Waals surface area contributed by atoms with Gasteiger partial charge < -0.3 is 172 Å². The maximum absolute atomic E-state index is 0. The molecule has 190 valence electrons. The molecule has 0 spiro atoms. The molecule has 25 heavy (non-hydrogen) atoms. The Kier molecular flexibility index (Phi) is 190000. The minimum Gasteiger partial charge on any atom is -2.00 e. The van der Waals surface area contributed by atoms with Crippen LogP contribution in [0.1, 0.15) is 0 Å². The SMILES string of the molecule is N.N.N.N.N.N.N.N.N.N.N.N.N.N.[Cl-].[Cl-].[Cl-].[Cl-].[Cl-].[Cl-].[O-2].[O-2].[Ru+3].[Ru+3].[Ru+4]. The molecule has 16 nitrogen and oxygen atoms in total. The normalized spacial score (nSPS) is 0. The summed E-state index contributed by atoms with van der Waals surface area (Å²) in [6, 6.07) is 0. The zero-order chi connectivity index (χ0) is 0. The Hall–Kier alpha value is 2.97. The van der Waals surface area contributed by atoms with Gasteiger partial charge in [0.05, 0.1) is 0 Å². The molecule has 0 aliphatic carbocycles. The van der Waals surface area contributed by atoms with Crippen LogP contribution in [0.4, 0.5) is 0 Å². The van der Waals surface area contributed by atoms with Gasteiger partial charge in [-0.2, -0.15) is 0 Å². The van der Waals surface area contributed by atoms with E-state index in [1.54, 1.807) is 0 Å². The van der Waals surface area contributed by atoms with Crippen molar-refractivity contribution in [1.82, 2.24) is 86.1 Å². The van der Waals surface area contributed by atoms with Crippen LogP contribution in [0.2, 0.25) is 0 Å². The van der Waals surface area contributed by atoms with Crippen LogP contribution < -0.4 is 161 Å². The van der Waals surface area contributed by atoms with Crippen molar-refractivity contribution in [2.24, 2.45) is 0 Å². The van der Waals surface area contributed by atoms with Crippen molar-refractivity contribution >= 4 is 0 Å². The minimum absolute atomic E-state index is 0. The van der Waals surface area contributed by atoms with E-state index in [9.17, 15) is 0 Å². The largest absolute Gasteiger partial charge is 4.00 e. The van der Waals surface area contributed by atoms with E-state index >= 15 is 0 Å². The third kappa shape index (κ3) is 1910. The molecule has 0 amide bonds. The van der Waals surface area contributed by atoms with Gasteiger partial charge in [0, 0.05) is 0 Å². The second-order valence-electron chi connectivity index (χ2n) is 0. The Labute approximate surface area is 228 Å². The summed E-state index contributed by atoms with van der Waals surface area (Å²) in [5, 5.41) is 0. The summed E-state index contributed by atoms with van der Waals surface area (Å²) in [5.41, 5.74) is 0. The fraction of sp³-hybridized carbons (Fsp3) is 0. The first-order chi connectivity index (χ1) is 0. The van der Waals surface area contributed by atoms with Gasteiger partial charge in [-0.1, -0.05) is 0 Å². The zero-order valence-corrected chi connectivity index (χ0v) is 23.8. The van der Waals surface area contributed by atoms with Crippen LogP contribution in [-0.2, 0) is 69.4 Å². The van der Waals surface area contributed by atoms with Crippen molar-refractivity contribution in [3.63, 3.8) is 0 Å². The molecule has 2 radical (unpaired) electrons. The molecular formula is H42Cl6N14O2Ru3. The molecule has 0 unspecified atom stereocenters. The molecule has 0 fully saturated rings. The van der Waals surface area contributed by atoms with Crippen molar-refractivity contribution < 1.29 is 144 Å². The summed E-state index contributed by atoms with van der Waals surface area (Å²) in [7, 11) is 0. The van der Waals surface area contributed by atoms with Crippen molar-refractivity contribution in [2.75, 3.05) is 0 Å². The first-order valence-corrected chi connectivity index (χ1v) is 0. The van der Waals surface area contributed by atoms with Crippen LogP contribution in [0.3, 0.4) is 0 Å². The second kappa shape index (κ2) is 2060. The van der Waals surface area contributed by atoms with E-state index in [-0.39, 0.29) is 230 Å². The van der Waals surface area contributed by atoms with E-state index in [2.05, 4.69) is 0 Å². The molecule has 0 saturated heterocycles. The minimum atomic E-state index is 0. The number of rotatable bonds is 0. The third-order valence-corrected chi connectivity index (χ3v) is 0. The van der Waals surface area contributed by atoms with Gasteiger partial charge in [0.1, 0.15) is 0 Å². The first-order valence-electron chi connectivity index (χ1n) is 0. The van der Waals surface area contributed by atoms with Crippen LogP contribution in [0.5, 0.6) is 0 Å². The molecule has 25 heteroatoms. The van der Waals surface area contributed by atoms with Gasteiger partial charge in [0.2, 0.25) is 0 Å². The average Bonchev–Trinajstić information content (AvgIpc) is 0. The van der Waals surface area contributed by atoms with Crippen molar-refractivity contribution in [2.45, 2.75) is 0 Å². The maximum atomic E-state index is 0. The zero-order valence-electron chi connectivity index (χ0n) is 14.0. The van der Waals surface area contributed by atoms with Crippen LogP contribution in [-0.4, -0.2) is 0 Å². The van der Waals surface area contributed by atoms with Gasteiger partial charge in [-0.05, 0) is 0 Å². The van der Waals surface area contributed by atoms with E-state index in [0.29, 0.717) is 0 Å². The molecule has 0 atom stereocenters. The van der Waals surface area contributed by atoms with Gasteiger partial charge in [-0.25, -0.2) is 0 Å². The standard InChI is InChI=1S/6ClH.14H3N.2O.3Ru/h6*1H;14*1H3;;;;;/q;;;;;;;;;;;;;;;;;;;;2*-2;2*+3;+4/p-6. The van der Waals surface area contributed by atoms with Crippen LogP contribution >= 0.6 is 0 Å². The smallest absolute Gasteiger partial charge is 2.00 e. The molecule has 0 rings (SSSR count). The van der Waals surface area contributed by atoms with E-state index in [0.717, 1.165) is 0 Å². The summed E-state index contributed by atoms with van der Waals surface area (Å²) >= 11 is 0. The molecule has 42 N–H and O–H groups in total. The van der Waals surface area contributed by atoms with Crippen molar-refractivity contribution in [3.8, 4) is 0 Å². The van der Waals surface area contributed by atoms with Crippen LogP contribution in [0, 0.1) is 0 Å². The Bertz CT molecular complexity index is 40.5. The summed E-state index contributed by atoms with van der Waals surface area (Å²) < 4.78 is 0. The fourth-order valence-corrected chi connectivity index (χ4v) is 0. The summed E-state index contributed by atoms with van der Waals surface area (Å²) in [4.78, 5) is 0. The Balaban J connectivity index is 0. The van der Waals surface area contributed by atoms with E-state index < -0.39 is 0 Å². The molecule has 0 heterocycles. The van der Waals surface area contributed by atoms with Gasteiger partial charge >= 0.3 is 58.4 Å². The van der Waals surface area contributed by atoms with E-state index in [4.69, 9.17) is 0 Å². The Morgan fingerprint density at radius 2 is 0.200 bits per heavy atom. The molecule has 0 aliphatic heterocycles. The van der Waals surface area contributed by atoms with E-state index in [1.165, 1.54) is 0 Å². The van der Waals surface area contributed by atoms with Gasteiger partial charge in [0.15, 0.2) is 0 Å². The molecule has 0 aromatic carbocycles. The van der Waals surface area contributed by atoms with Crippen molar-refractivity contribution in [3.05, 3.63) is 0 Å². The molecular weight excluding hydrogens is 744 g/mol. The Morgan fingerprint density at radius 1 is 0.200 bits per heavy atom. The molecule has 0 aromatic rings. The predicted molar refractivity (Wildman–Crippen MR) is 71.7 cm³/mol. The monoisotopic (exact) mass is 786 g/mol. The van der Waals surface area contributed by atoms with E-state index in [1.807, 2.05) is 0 Å². The molecule has 0 saturated carbocycles. The first kappa shape index (κ1) is 2310. The van der Waals surface area contributed by atoms with Crippen LogP contribution in [0.15, 0.2) is 0 Å². The summed E-state index contributed by atoms with van der Waals surface area (Å²) in [6.45, 7) is 0. The number of hydrogen-bond donors (Lipinski definition) is 14. The quantitative estimate of drug-likeness (QED) is 0.101. The average molecular weight is 786 g/mol. The maximum Gasteiger partial charge on any atom is 4.00 e. The number of halogens is 6. The predicted octanol–water partition coefficient (Wildman–Crippen LogP) is -16.0. The van der Waals surface area contributed by atoms with Gasteiger partial charge in [0.25, 0.3) is 0 Å². The molecule has 0 aliphatic rings. The molecule has 0 aromatic heterocycles.